The zero-order valence-corrected chi connectivity index (χ0v) is 9.62. The average Bonchev–Trinajstić information content (AvgIpc) is 2.52. The number of hydrogen-bond donors (Lipinski definition) is 1. The van der Waals surface area contributed by atoms with Crippen LogP contribution in [-0.4, -0.2) is 21.9 Å². The Bertz CT molecular complexity index is 250. The van der Waals surface area contributed by atoms with Gasteiger partial charge >= 0.3 is 0 Å². The summed E-state index contributed by atoms with van der Waals surface area (Å²) in [5, 5.41) is 11.3. The third kappa shape index (κ3) is 3.67. The van der Waals surface area contributed by atoms with Crippen molar-refractivity contribution in [1.29, 1.82) is 0 Å². The normalized spacial score (nSPS) is 13.2. The van der Waals surface area contributed by atoms with Gasteiger partial charge in [-0.05, 0) is 12.8 Å². The molecule has 1 atom stereocenters. The molecule has 0 radical (unpaired) electrons. The fourth-order valence-corrected chi connectivity index (χ4v) is 3.14. The van der Waals surface area contributed by atoms with Crippen LogP contribution in [0.1, 0.15) is 26.0 Å². The van der Waals surface area contributed by atoms with Gasteiger partial charge in [0, 0.05) is 17.2 Å². The molecule has 0 aliphatic carbocycles. The molecular formula is C9H15NOS2. The Balaban J connectivity index is 2.44. The predicted molar refractivity (Wildman–Crippen MR) is 58.5 cm³/mol. The Morgan fingerprint density at radius 3 is 3.00 bits per heavy atom. The van der Waals surface area contributed by atoms with Crippen molar-refractivity contribution in [2.45, 2.75) is 36.3 Å². The molecule has 1 N–H and O–H groups in total. The maximum absolute atomic E-state index is 8.74. The molecule has 74 valence electrons. The summed E-state index contributed by atoms with van der Waals surface area (Å²) in [6, 6.07) is 0. The first-order chi connectivity index (χ1) is 6.26. The molecule has 1 heterocycles. The van der Waals surface area contributed by atoms with Gasteiger partial charge in [0.15, 0.2) is 0 Å². The molecule has 0 spiro atoms. The van der Waals surface area contributed by atoms with Gasteiger partial charge in [0.05, 0.1) is 5.69 Å². The lowest BCUT2D eigenvalue weighted by Gasteiger charge is -2.05. The molecule has 0 saturated carbocycles. The molecular weight excluding hydrogens is 202 g/mol. The highest BCUT2D eigenvalue weighted by Gasteiger charge is 2.06. The van der Waals surface area contributed by atoms with Crippen LogP contribution >= 0.6 is 23.1 Å². The molecule has 0 saturated heterocycles. The van der Waals surface area contributed by atoms with Gasteiger partial charge in [-0.3, -0.25) is 0 Å². The van der Waals surface area contributed by atoms with Gasteiger partial charge in [0.1, 0.15) is 4.34 Å². The lowest BCUT2D eigenvalue weighted by atomic mass is 10.4. The highest BCUT2D eigenvalue weighted by molar-refractivity contribution is 8.01. The van der Waals surface area contributed by atoms with E-state index in [9.17, 15) is 0 Å². The van der Waals surface area contributed by atoms with Crippen LogP contribution in [0.4, 0.5) is 0 Å². The van der Waals surface area contributed by atoms with Crippen molar-refractivity contribution in [3.63, 3.8) is 0 Å². The van der Waals surface area contributed by atoms with Gasteiger partial charge in [0.2, 0.25) is 0 Å². The molecule has 0 bridgehead atoms. The molecule has 1 aromatic rings. The fourth-order valence-electron chi connectivity index (χ4n) is 0.918. The maximum Gasteiger partial charge on any atom is 0.150 e. The van der Waals surface area contributed by atoms with Crippen molar-refractivity contribution in [2.75, 3.05) is 6.61 Å². The van der Waals surface area contributed by atoms with Crippen molar-refractivity contribution in [3.8, 4) is 0 Å². The molecule has 1 aromatic heterocycles. The van der Waals surface area contributed by atoms with Gasteiger partial charge in [-0.1, -0.05) is 25.6 Å². The number of thioether (sulfide) groups is 1. The molecule has 2 nitrogen and oxygen atoms in total. The third-order valence-corrected chi connectivity index (χ3v) is 3.92. The van der Waals surface area contributed by atoms with E-state index < -0.39 is 0 Å². The number of hydrogen-bond acceptors (Lipinski definition) is 4. The van der Waals surface area contributed by atoms with Crippen LogP contribution in [0.2, 0.25) is 0 Å². The second-order valence-electron chi connectivity index (χ2n) is 2.90. The van der Waals surface area contributed by atoms with E-state index in [0.717, 1.165) is 17.2 Å². The van der Waals surface area contributed by atoms with E-state index in [2.05, 4.69) is 24.2 Å². The van der Waals surface area contributed by atoms with E-state index >= 15 is 0 Å². The zero-order chi connectivity index (χ0) is 9.68. The summed E-state index contributed by atoms with van der Waals surface area (Å²) in [6.45, 7) is 4.49. The predicted octanol–water partition coefficient (Wildman–Crippen LogP) is 2.57. The Kier molecular flexibility index (Phi) is 4.77. The Morgan fingerprint density at radius 1 is 1.69 bits per heavy atom. The minimum absolute atomic E-state index is 0.264. The summed E-state index contributed by atoms with van der Waals surface area (Å²) in [4.78, 5) is 4.45. The van der Waals surface area contributed by atoms with Crippen LogP contribution in [0.25, 0.3) is 0 Å². The standard InChI is InChI=1S/C9H15NOS2/c1-3-8-6-12-9(10-8)13-7(2)4-5-11/h6-7,11H,3-5H2,1-2H3. The van der Waals surface area contributed by atoms with Crippen molar-refractivity contribution < 1.29 is 5.11 Å². The van der Waals surface area contributed by atoms with E-state index in [1.165, 1.54) is 5.69 Å². The molecule has 0 fully saturated rings. The number of aryl methyl sites for hydroxylation is 1. The smallest absolute Gasteiger partial charge is 0.150 e. The minimum atomic E-state index is 0.264. The number of nitrogens with zero attached hydrogens (tertiary/aromatic N) is 1. The topological polar surface area (TPSA) is 33.1 Å². The quantitative estimate of drug-likeness (QED) is 0.770. The number of aliphatic hydroxyl groups excluding tert-OH is 1. The average molecular weight is 217 g/mol. The maximum atomic E-state index is 8.74. The van der Waals surface area contributed by atoms with Crippen molar-refractivity contribution in [1.82, 2.24) is 4.98 Å². The van der Waals surface area contributed by atoms with Crippen molar-refractivity contribution >= 4 is 23.1 Å². The summed E-state index contributed by atoms with van der Waals surface area (Å²) < 4.78 is 1.12. The lowest BCUT2D eigenvalue weighted by Crippen LogP contribution is -1.98. The minimum Gasteiger partial charge on any atom is -0.396 e. The highest BCUT2D eigenvalue weighted by atomic mass is 32.2. The van der Waals surface area contributed by atoms with Gasteiger partial charge in [0.25, 0.3) is 0 Å². The molecule has 0 aliphatic rings. The first kappa shape index (κ1) is 11.0. The van der Waals surface area contributed by atoms with Crippen LogP contribution in [0, 0.1) is 0 Å². The van der Waals surface area contributed by atoms with Crippen LogP contribution in [0.5, 0.6) is 0 Å². The molecule has 0 amide bonds. The summed E-state index contributed by atoms with van der Waals surface area (Å²) in [5.74, 6) is 0. The number of rotatable bonds is 5. The number of thiazole rings is 1. The largest absolute Gasteiger partial charge is 0.396 e. The molecule has 0 aliphatic heterocycles. The van der Waals surface area contributed by atoms with Crippen LogP contribution < -0.4 is 0 Å². The number of aromatic nitrogens is 1. The summed E-state index contributed by atoms with van der Waals surface area (Å²) in [5.41, 5.74) is 1.17. The number of aliphatic hydroxyl groups is 1. The van der Waals surface area contributed by atoms with Crippen LogP contribution in [-0.2, 0) is 6.42 Å². The Labute approximate surface area is 87.4 Å². The monoisotopic (exact) mass is 217 g/mol. The molecule has 13 heavy (non-hydrogen) atoms. The Hall–Kier alpha value is -0.0600. The van der Waals surface area contributed by atoms with Gasteiger partial charge in [-0.15, -0.1) is 11.3 Å². The molecule has 4 heteroatoms. The summed E-state index contributed by atoms with van der Waals surface area (Å²) in [6.07, 6.45) is 1.84. The van der Waals surface area contributed by atoms with E-state index in [0.29, 0.717) is 5.25 Å². The molecule has 1 unspecified atom stereocenters. The van der Waals surface area contributed by atoms with E-state index in [1.807, 2.05) is 0 Å². The first-order valence-electron chi connectivity index (χ1n) is 4.48. The van der Waals surface area contributed by atoms with Crippen LogP contribution in [0.15, 0.2) is 9.72 Å². The summed E-state index contributed by atoms with van der Waals surface area (Å²) in [7, 11) is 0. The van der Waals surface area contributed by atoms with Crippen LogP contribution in [0.3, 0.4) is 0 Å². The van der Waals surface area contributed by atoms with E-state index in [-0.39, 0.29) is 6.61 Å². The first-order valence-corrected chi connectivity index (χ1v) is 6.24. The highest BCUT2D eigenvalue weighted by Crippen LogP contribution is 2.28. The SMILES string of the molecule is CCc1csc(SC(C)CCO)n1. The van der Waals surface area contributed by atoms with Gasteiger partial charge in [-0.2, -0.15) is 0 Å². The van der Waals surface area contributed by atoms with Crippen molar-refractivity contribution in [3.05, 3.63) is 11.1 Å². The molecule has 1 rings (SSSR count). The van der Waals surface area contributed by atoms with Gasteiger partial charge in [-0.25, -0.2) is 4.98 Å². The van der Waals surface area contributed by atoms with Crippen molar-refractivity contribution in [2.24, 2.45) is 0 Å². The Morgan fingerprint density at radius 2 is 2.46 bits per heavy atom. The second kappa shape index (κ2) is 5.62. The summed E-state index contributed by atoms with van der Waals surface area (Å²) >= 11 is 3.45. The lowest BCUT2D eigenvalue weighted by molar-refractivity contribution is 0.289. The fraction of sp³-hybridized carbons (Fsp3) is 0.667. The van der Waals surface area contributed by atoms with Gasteiger partial charge < -0.3 is 5.11 Å². The van der Waals surface area contributed by atoms with E-state index in [1.54, 1.807) is 23.1 Å². The molecule has 0 aromatic carbocycles. The second-order valence-corrected chi connectivity index (χ2v) is 5.44. The van der Waals surface area contributed by atoms with E-state index in [4.69, 9.17) is 5.11 Å². The third-order valence-electron chi connectivity index (χ3n) is 1.73. The zero-order valence-electron chi connectivity index (χ0n) is 7.99.